The highest BCUT2D eigenvalue weighted by molar-refractivity contribution is 5.92. The van der Waals surface area contributed by atoms with E-state index >= 15 is 0 Å². The maximum absolute atomic E-state index is 12.7. The number of rotatable bonds is 5. The average molecular weight is 337 g/mol. The molecule has 1 saturated heterocycles. The van der Waals surface area contributed by atoms with Gasteiger partial charge in [0.25, 0.3) is 5.91 Å². The van der Waals surface area contributed by atoms with Gasteiger partial charge in [-0.1, -0.05) is 36.8 Å². The average Bonchev–Trinajstić information content (AvgIpc) is 2.66. The number of likely N-dealkylation sites (tertiary alicyclic amines) is 1. The van der Waals surface area contributed by atoms with E-state index < -0.39 is 0 Å². The molecule has 2 aromatic rings. The largest absolute Gasteiger partial charge is 0.380 e. The summed E-state index contributed by atoms with van der Waals surface area (Å²) in [6.07, 6.45) is 6.20. The van der Waals surface area contributed by atoms with E-state index in [0.29, 0.717) is 11.7 Å². The van der Waals surface area contributed by atoms with E-state index in [1.54, 1.807) is 6.20 Å². The maximum atomic E-state index is 12.7. The summed E-state index contributed by atoms with van der Waals surface area (Å²) in [5.41, 5.74) is 3.97. The van der Waals surface area contributed by atoms with Crippen LogP contribution in [-0.4, -0.2) is 28.4 Å². The third kappa shape index (κ3) is 4.38. The van der Waals surface area contributed by atoms with Gasteiger partial charge >= 0.3 is 0 Å². The van der Waals surface area contributed by atoms with Gasteiger partial charge in [-0.3, -0.25) is 4.79 Å². The van der Waals surface area contributed by atoms with Crippen LogP contribution >= 0.6 is 0 Å². The van der Waals surface area contributed by atoms with Crippen LogP contribution in [-0.2, 0) is 6.54 Å². The van der Waals surface area contributed by atoms with Crippen LogP contribution in [0, 0.1) is 6.92 Å². The lowest BCUT2D eigenvalue weighted by Crippen LogP contribution is -2.43. The topological polar surface area (TPSA) is 45.2 Å². The number of pyridine rings is 1. The Hall–Kier alpha value is -2.36. The van der Waals surface area contributed by atoms with Crippen LogP contribution in [0.25, 0.3) is 0 Å². The summed E-state index contributed by atoms with van der Waals surface area (Å²) in [5.74, 6) is 0.0665. The molecule has 0 bridgehead atoms. The smallest absolute Gasteiger partial charge is 0.272 e. The molecule has 2 heterocycles. The first kappa shape index (κ1) is 17.5. The zero-order valence-electron chi connectivity index (χ0n) is 15.2. The fourth-order valence-corrected chi connectivity index (χ4v) is 3.49. The minimum Gasteiger partial charge on any atom is -0.380 e. The summed E-state index contributed by atoms with van der Waals surface area (Å²) in [6, 6.07) is 12.6. The van der Waals surface area contributed by atoms with Gasteiger partial charge in [-0.05, 0) is 50.3 Å². The van der Waals surface area contributed by atoms with Crippen LogP contribution in [0.5, 0.6) is 0 Å². The van der Waals surface area contributed by atoms with Crippen molar-refractivity contribution in [1.82, 2.24) is 9.88 Å². The molecule has 1 amide bonds. The molecule has 132 valence electrons. The molecule has 0 spiro atoms. The van der Waals surface area contributed by atoms with E-state index in [1.165, 1.54) is 17.5 Å². The van der Waals surface area contributed by atoms with Crippen LogP contribution in [0.1, 0.15) is 54.2 Å². The van der Waals surface area contributed by atoms with Crippen LogP contribution in [0.2, 0.25) is 0 Å². The molecule has 0 saturated carbocycles. The third-order valence-corrected chi connectivity index (χ3v) is 4.92. The van der Waals surface area contributed by atoms with E-state index in [0.717, 1.165) is 38.0 Å². The van der Waals surface area contributed by atoms with Crippen molar-refractivity contribution >= 4 is 11.6 Å². The first-order valence-electron chi connectivity index (χ1n) is 9.24. The van der Waals surface area contributed by atoms with E-state index in [1.807, 2.05) is 17.0 Å². The molecule has 1 N–H and O–H groups in total. The van der Waals surface area contributed by atoms with Crippen LogP contribution in [0.4, 0.5) is 5.69 Å². The maximum Gasteiger partial charge on any atom is 0.272 e. The van der Waals surface area contributed by atoms with Crippen molar-refractivity contribution in [2.24, 2.45) is 0 Å². The van der Waals surface area contributed by atoms with Crippen molar-refractivity contribution in [2.75, 3.05) is 11.9 Å². The lowest BCUT2D eigenvalue weighted by Gasteiger charge is -2.35. The van der Waals surface area contributed by atoms with Gasteiger partial charge < -0.3 is 10.2 Å². The molecule has 1 aliphatic rings. The number of hydrogen-bond donors (Lipinski definition) is 1. The Labute approximate surface area is 150 Å². The Morgan fingerprint density at radius 1 is 1.28 bits per heavy atom. The number of benzene rings is 1. The summed E-state index contributed by atoms with van der Waals surface area (Å²) >= 11 is 0. The molecule has 1 aliphatic heterocycles. The summed E-state index contributed by atoms with van der Waals surface area (Å²) < 4.78 is 0. The molecule has 4 heteroatoms. The predicted octanol–water partition coefficient (Wildman–Crippen LogP) is 4.41. The summed E-state index contributed by atoms with van der Waals surface area (Å²) in [5, 5.41) is 3.37. The minimum atomic E-state index is 0.0665. The molecule has 1 atom stereocenters. The standard InChI is InChI=1S/C21H27N3O/c1-3-19-9-4-5-12-24(19)21(25)20-11-10-18(15-23-20)22-14-17-8-6-7-16(2)13-17/h6-8,10-11,13,15,19,22H,3-5,9,12,14H2,1-2H3. The second-order valence-corrected chi connectivity index (χ2v) is 6.83. The van der Waals surface area contributed by atoms with Gasteiger partial charge in [0.2, 0.25) is 0 Å². The number of carbonyl (C=O) groups excluding carboxylic acids is 1. The summed E-state index contributed by atoms with van der Waals surface area (Å²) in [7, 11) is 0. The number of amides is 1. The monoisotopic (exact) mass is 337 g/mol. The first-order chi connectivity index (χ1) is 12.2. The van der Waals surface area contributed by atoms with Gasteiger partial charge in [0.1, 0.15) is 5.69 Å². The fraction of sp³-hybridized carbons (Fsp3) is 0.429. The van der Waals surface area contributed by atoms with Gasteiger partial charge in [0, 0.05) is 19.1 Å². The van der Waals surface area contributed by atoms with E-state index in [-0.39, 0.29) is 5.91 Å². The number of piperidine rings is 1. The van der Waals surface area contributed by atoms with Crippen molar-refractivity contribution in [1.29, 1.82) is 0 Å². The fourth-order valence-electron chi connectivity index (χ4n) is 3.49. The van der Waals surface area contributed by atoms with E-state index in [4.69, 9.17) is 0 Å². The Balaban J connectivity index is 1.62. The van der Waals surface area contributed by atoms with E-state index in [2.05, 4.69) is 48.4 Å². The van der Waals surface area contributed by atoms with Gasteiger partial charge in [0.05, 0.1) is 11.9 Å². The summed E-state index contributed by atoms with van der Waals surface area (Å²) in [4.78, 5) is 19.1. The first-order valence-corrected chi connectivity index (χ1v) is 9.24. The van der Waals surface area contributed by atoms with Gasteiger partial charge in [-0.15, -0.1) is 0 Å². The molecule has 0 aliphatic carbocycles. The number of nitrogens with one attached hydrogen (secondary N) is 1. The molecule has 1 unspecified atom stereocenters. The Kier molecular flexibility index (Phi) is 5.69. The molecule has 4 nitrogen and oxygen atoms in total. The number of carbonyl (C=O) groups is 1. The number of anilines is 1. The van der Waals surface area contributed by atoms with Crippen molar-refractivity contribution < 1.29 is 4.79 Å². The molecular formula is C21H27N3O. The van der Waals surface area contributed by atoms with E-state index in [9.17, 15) is 4.79 Å². The molecule has 25 heavy (non-hydrogen) atoms. The quantitative estimate of drug-likeness (QED) is 0.879. The number of aromatic nitrogens is 1. The normalized spacial score (nSPS) is 17.4. The molecule has 1 aromatic carbocycles. The molecule has 0 radical (unpaired) electrons. The molecular weight excluding hydrogens is 310 g/mol. The lowest BCUT2D eigenvalue weighted by atomic mass is 9.99. The Morgan fingerprint density at radius 2 is 2.16 bits per heavy atom. The number of aryl methyl sites for hydroxylation is 1. The van der Waals surface area contributed by atoms with Crippen molar-refractivity contribution in [3.05, 3.63) is 59.4 Å². The second kappa shape index (κ2) is 8.15. The van der Waals surface area contributed by atoms with Gasteiger partial charge in [-0.2, -0.15) is 0 Å². The van der Waals surface area contributed by atoms with Crippen molar-refractivity contribution in [3.63, 3.8) is 0 Å². The predicted molar refractivity (Wildman–Crippen MR) is 102 cm³/mol. The minimum absolute atomic E-state index is 0.0665. The van der Waals surface area contributed by atoms with Crippen LogP contribution in [0.3, 0.4) is 0 Å². The van der Waals surface area contributed by atoms with Gasteiger partial charge in [0.15, 0.2) is 0 Å². The number of hydrogen-bond acceptors (Lipinski definition) is 3. The number of nitrogens with zero attached hydrogens (tertiary/aromatic N) is 2. The SMILES string of the molecule is CCC1CCCCN1C(=O)c1ccc(NCc2cccc(C)c2)cn1. The zero-order valence-corrected chi connectivity index (χ0v) is 15.2. The highest BCUT2D eigenvalue weighted by atomic mass is 16.2. The second-order valence-electron chi connectivity index (χ2n) is 6.83. The van der Waals surface area contributed by atoms with Crippen LogP contribution in [0.15, 0.2) is 42.6 Å². The van der Waals surface area contributed by atoms with Gasteiger partial charge in [-0.25, -0.2) is 4.98 Å². The molecule has 1 fully saturated rings. The molecule has 3 rings (SSSR count). The highest BCUT2D eigenvalue weighted by Crippen LogP contribution is 2.21. The lowest BCUT2D eigenvalue weighted by molar-refractivity contribution is 0.0602. The highest BCUT2D eigenvalue weighted by Gasteiger charge is 2.26. The van der Waals surface area contributed by atoms with Crippen molar-refractivity contribution in [2.45, 2.75) is 52.1 Å². The zero-order chi connectivity index (χ0) is 17.6. The van der Waals surface area contributed by atoms with Crippen LogP contribution < -0.4 is 5.32 Å². The van der Waals surface area contributed by atoms with Crippen molar-refractivity contribution in [3.8, 4) is 0 Å². The Bertz CT molecular complexity index is 711. The summed E-state index contributed by atoms with van der Waals surface area (Å²) in [6.45, 7) is 5.85. The third-order valence-electron chi connectivity index (χ3n) is 4.92. The Morgan fingerprint density at radius 3 is 2.88 bits per heavy atom. The molecule has 1 aromatic heterocycles.